The van der Waals surface area contributed by atoms with E-state index in [1.54, 1.807) is 30.7 Å². The number of nitrogens with one attached hydrogen (secondary N) is 1. The maximum Gasteiger partial charge on any atom is 0.335 e. The highest BCUT2D eigenvalue weighted by atomic mass is 79.9. The highest BCUT2D eigenvalue weighted by Crippen LogP contribution is 2.24. The smallest absolute Gasteiger partial charge is 0.335 e. The Morgan fingerprint density at radius 1 is 1.41 bits per heavy atom. The molecule has 0 aliphatic heterocycles. The van der Waals surface area contributed by atoms with Gasteiger partial charge in [-0.3, -0.25) is 0 Å². The van der Waals surface area contributed by atoms with E-state index in [2.05, 4.69) is 21.2 Å². The van der Waals surface area contributed by atoms with Crippen LogP contribution in [0.5, 0.6) is 0 Å². The summed E-state index contributed by atoms with van der Waals surface area (Å²) in [5.74, 6) is -0.938. The summed E-state index contributed by atoms with van der Waals surface area (Å²) in [6, 6.07) is 6.73. The Morgan fingerprint density at radius 3 is 2.82 bits per heavy atom. The second-order valence-electron chi connectivity index (χ2n) is 3.48. The predicted octanol–water partition coefficient (Wildman–Crippen LogP) is 3.35. The summed E-state index contributed by atoms with van der Waals surface area (Å²) >= 11 is 3.33. The molecular formula is C12H10BrNO3. The van der Waals surface area contributed by atoms with Crippen LogP contribution in [0.3, 0.4) is 0 Å². The summed E-state index contributed by atoms with van der Waals surface area (Å²) in [6.07, 6.45) is 3.27. The van der Waals surface area contributed by atoms with E-state index in [-0.39, 0.29) is 5.56 Å². The number of hydrogen-bond donors (Lipinski definition) is 2. The molecule has 17 heavy (non-hydrogen) atoms. The van der Waals surface area contributed by atoms with Crippen LogP contribution in [0.15, 0.2) is 45.7 Å². The molecule has 2 rings (SSSR count). The predicted molar refractivity (Wildman–Crippen MR) is 67.1 cm³/mol. The summed E-state index contributed by atoms with van der Waals surface area (Å²) in [6.45, 7) is 0.627. The first-order chi connectivity index (χ1) is 8.16. The average molecular weight is 296 g/mol. The fourth-order valence-corrected chi connectivity index (χ4v) is 1.90. The van der Waals surface area contributed by atoms with Crippen LogP contribution in [-0.4, -0.2) is 11.1 Å². The molecule has 0 amide bonds. The summed E-state index contributed by atoms with van der Waals surface area (Å²) in [5.41, 5.74) is 2.13. The lowest BCUT2D eigenvalue weighted by atomic mass is 10.2. The van der Waals surface area contributed by atoms with Crippen LogP contribution in [0.25, 0.3) is 0 Å². The SMILES string of the molecule is O=C(O)c1ccc(NCc2ccoc2)c(Br)c1. The molecule has 0 unspecified atom stereocenters. The number of carboxylic acid groups (broad SMARTS) is 1. The minimum atomic E-state index is -0.938. The van der Waals surface area contributed by atoms with Crippen molar-refractivity contribution in [2.24, 2.45) is 0 Å². The Labute approximate surface area is 106 Å². The third-order valence-electron chi connectivity index (χ3n) is 2.28. The molecule has 0 spiro atoms. The maximum atomic E-state index is 10.8. The van der Waals surface area contributed by atoms with Gasteiger partial charge in [0.1, 0.15) is 0 Å². The largest absolute Gasteiger partial charge is 0.478 e. The van der Waals surface area contributed by atoms with E-state index in [0.717, 1.165) is 15.7 Å². The van der Waals surface area contributed by atoms with Gasteiger partial charge in [-0.1, -0.05) is 0 Å². The van der Waals surface area contributed by atoms with Crippen molar-refractivity contribution in [1.29, 1.82) is 0 Å². The van der Waals surface area contributed by atoms with Crippen molar-refractivity contribution in [1.82, 2.24) is 0 Å². The molecule has 0 aliphatic rings. The molecule has 0 fully saturated rings. The van der Waals surface area contributed by atoms with Crippen molar-refractivity contribution in [3.63, 3.8) is 0 Å². The first-order valence-electron chi connectivity index (χ1n) is 4.94. The minimum Gasteiger partial charge on any atom is -0.478 e. The molecule has 88 valence electrons. The molecule has 1 aromatic carbocycles. The van der Waals surface area contributed by atoms with Crippen molar-refractivity contribution < 1.29 is 14.3 Å². The zero-order valence-electron chi connectivity index (χ0n) is 8.81. The number of hydrogen-bond acceptors (Lipinski definition) is 3. The topological polar surface area (TPSA) is 62.5 Å². The van der Waals surface area contributed by atoms with Gasteiger partial charge in [-0.05, 0) is 40.2 Å². The van der Waals surface area contributed by atoms with Gasteiger partial charge in [0.2, 0.25) is 0 Å². The molecule has 4 nitrogen and oxygen atoms in total. The number of carboxylic acids is 1. The molecule has 1 heterocycles. The fraction of sp³-hybridized carbons (Fsp3) is 0.0833. The summed E-state index contributed by atoms with van der Waals surface area (Å²) in [4.78, 5) is 10.8. The van der Waals surface area contributed by atoms with Crippen LogP contribution in [0.4, 0.5) is 5.69 Å². The van der Waals surface area contributed by atoms with Crippen LogP contribution in [-0.2, 0) is 6.54 Å². The van der Waals surface area contributed by atoms with E-state index in [9.17, 15) is 4.79 Å². The quantitative estimate of drug-likeness (QED) is 0.908. The van der Waals surface area contributed by atoms with Gasteiger partial charge in [0.15, 0.2) is 0 Å². The van der Waals surface area contributed by atoms with Gasteiger partial charge in [0.05, 0.1) is 18.1 Å². The van der Waals surface area contributed by atoms with Crippen LogP contribution in [0.2, 0.25) is 0 Å². The van der Waals surface area contributed by atoms with Crippen LogP contribution >= 0.6 is 15.9 Å². The maximum absolute atomic E-state index is 10.8. The molecular weight excluding hydrogens is 286 g/mol. The Morgan fingerprint density at radius 2 is 2.24 bits per heavy atom. The van der Waals surface area contributed by atoms with Crippen molar-refractivity contribution in [2.45, 2.75) is 6.54 Å². The summed E-state index contributed by atoms with van der Waals surface area (Å²) < 4.78 is 5.68. The number of carbonyl (C=O) groups is 1. The molecule has 0 bridgehead atoms. The van der Waals surface area contributed by atoms with Gasteiger partial charge in [0.25, 0.3) is 0 Å². The van der Waals surface area contributed by atoms with Gasteiger partial charge in [0, 0.05) is 22.3 Å². The summed E-state index contributed by atoms with van der Waals surface area (Å²) in [5, 5.41) is 12.0. The van der Waals surface area contributed by atoms with Crippen molar-refractivity contribution in [3.8, 4) is 0 Å². The normalized spacial score (nSPS) is 10.2. The van der Waals surface area contributed by atoms with E-state index in [4.69, 9.17) is 9.52 Å². The molecule has 0 saturated carbocycles. The Kier molecular flexibility index (Phi) is 3.49. The number of halogens is 1. The molecule has 1 aromatic heterocycles. The number of rotatable bonds is 4. The Bertz CT molecular complexity index is 523. The van der Waals surface area contributed by atoms with Crippen molar-refractivity contribution in [2.75, 3.05) is 5.32 Å². The molecule has 0 saturated heterocycles. The van der Waals surface area contributed by atoms with Gasteiger partial charge < -0.3 is 14.8 Å². The standard InChI is InChI=1S/C12H10BrNO3/c13-10-5-9(12(15)16)1-2-11(10)14-6-8-3-4-17-7-8/h1-5,7,14H,6H2,(H,15,16). The number of anilines is 1. The van der Waals surface area contributed by atoms with E-state index in [1.165, 1.54) is 0 Å². The molecule has 5 heteroatoms. The van der Waals surface area contributed by atoms with Gasteiger partial charge >= 0.3 is 5.97 Å². The lowest BCUT2D eigenvalue weighted by molar-refractivity contribution is 0.0697. The second-order valence-corrected chi connectivity index (χ2v) is 4.34. The van der Waals surface area contributed by atoms with Crippen LogP contribution in [0, 0.1) is 0 Å². The zero-order valence-corrected chi connectivity index (χ0v) is 10.4. The lowest BCUT2D eigenvalue weighted by Crippen LogP contribution is -2.01. The van der Waals surface area contributed by atoms with Gasteiger partial charge in [-0.15, -0.1) is 0 Å². The zero-order chi connectivity index (χ0) is 12.3. The number of furan rings is 1. The molecule has 0 aliphatic carbocycles. The first kappa shape index (κ1) is 11.7. The third kappa shape index (κ3) is 2.88. The van der Waals surface area contributed by atoms with E-state index in [0.29, 0.717) is 6.54 Å². The first-order valence-corrected chi connectivity index (χ1v) is 5.74. The third-order valence-corrected chi connectivity index (χ3v) is 2.94. The van der Waals surface area contributed by atoms with Gasteiger partial charge in [-0.25, -0.2) is 4.79 Å². The lowest BCUT2D eigenvalue weighted by Gasteiger charge is -2.07. The number of benzene rings is 1. The van der Waals surface area contributed by atoms with Crippen LogP contribution in [0.1, 0.15) is 15.9 Å². The average Bonchev–Trinajstić information content (AvgIpc) is 2.80. The van der Waals surface area contributed by atoms with Crippen molar-refractivity contribution in [3.05, 3.63) is 52.4 Å². The monoisotopic (exact) mass is 295 g/mol. The highest BCUT2D eigenvalue weighted by Gasteiger charge is 2.06. The fourth-order valence-electron chi connectivity index (χ4n) is 1.38. The molecule has 2 N–H and O–H groups in total. The Balaban J connectivity index is 2.09. The van der Waals surface area contributed by atoms with Crippen LogP contribution < -0.4 is 5.32 Å². The van der Waals surface area contributed by atoms with E-state index < -0.39 is 5.97 Å². The van der Waals surface area contributed by atoms with E-state index in [1.807, 2.05) is 6.07 Å². The Hall–Kier alpha value is -1.75. The molecule has 2 aromatic rings. The van der Waals surface area contributed by atoms with Gasteiger partial charge in [-0.2, -0.15) is 0 Å². The summed E-state index contributed by atoms with van der Waals surface area (Å²) in [7, 11) is 0. The highest BCUT2D eigenvalue weighted by molar-refractivity contribution is 9.10. The van der Waals surface area contributed by atoms with Crippen molar-refractivity contribution >= 4 is 27.6 Å². The van der Waals surface area contributed by atoms with E-state index >= 15 is 0 Å². The molecule has 0 atom stereocenters. The molecule has 0 radical (unpaired) electrons. The second kappa shape index (κ2) is 5.05. The number of aromatic carboxylic acids is 1. The minimum absolute atomic E-state index is 0.255.